The molecule has 1 unspecified atom stereocenters. The van der Waals surface area contributed by atoms with Crippen molar-refractivity contribution in [3.63, 3.8) is 0 Å². The van der Waals surface area contributed by atoms with Crippen molar-refractivity contribution in [2.24, 2.45) is 5.92 Å². The fourth-order valence-electron chi connectivity index (χ4n) is 3.47. The van der Waals surface area contributed by atoms with E-state index < -0.39 is 10.0 Å². The van der Waals surface area contributed by atoms with E-state index in [2.05, 4.69) is 0 Å². The van der Waals surface area contributed by atoms with E-state index in [1.165, 1.54) is 10.6 Å². The summed E-state index contributed by atoms with van der Waals surface area (Å²) in [5.41, 5.74) is 0.897. The Morgan fingerprint density at radius 2 is 1.88 bits per heavy atom. The molecule has 1 amide bonds. The van der Waals surface area contributed by atoms with E-state index in [4.69, 9.17) is 16.3 Å². The number of carbonyl (C=O) groups is 1. The molecule has 8 heteroatoms. The zero-order valence-corrected chi connectivity index (χ0v) is 15.8. The quantitative estimate of drug-likeness (QED) is 0.795. The average Bonchev–Trinajstić information content (AvgIpc) is 2.61. The molecular formula is C17H23ClN2O4S. The number of carbonyl (C=O) groups excluding carboxylic acids is 1. The van der Waals surface area contributed by atoms with Crippen LogP contribution in [0.2, 0.25) is 5.02 Å². The van der Waals surface area contributed by atoms with Gasteiger partial charge in [-0.2, -0.15) is 0 Å². The van der Waals surface area contributed by atoms with E-state index in [0.29, 0.717) is 50.7 Å². The highest BCUT2D eigenvalue weighted by molar-refractivity contribution is 7.88. The third-order valence-electron chi connectivity index (χ3n) is 4.90. The molecule has 0 radical (unpaired) electrons. The SMILES string of the molecule is CS(=O)(=O)N1CCC(C(=O)N2CCOC(c3ccccc3Cl)C2)CC1. The van der Waals surface area contributed by atoms with Crippen molar-refractivity contribution in [1.82, 2.24) is 9.21 Å². The number of piperidine rings is 1. The molecule has 1 aromatic rings. The molecule has 138 valence electrons. The van der Waals surface area contributed by atoms with Gasteiger partial charge in [0.05, 0.1) is 19.4 Å². The molecule has 0 spiro atoms. The summed E-state index contributed by atoms with van der Waals surface area (Å²) in [6.07, 6.45) is 2.13. The lowest BCUT2D eigenvalue weighted by Gasteiger charge is -2.37. The van der Waals surface area contributed by atoms with Crippen LogP contribution in [-0.4, -0.2) is 62.6 Å². The molecule has 0 aromatic heterocycles. The lowest BCUT2D eigenvalue weighted by Crippen LogP contribution is -2.48. The predicted octanol–water partition coefficient (Wildman–Crippen LogP) is 1.91. The van der Waals surface area contributed by atoms with Gasteiger partial charge in [0.2, 0.25) is 15.9 Å². The van der Waals surface area contributed by atoms with Crippen LogP contribution >= 0.6 is 11.6 Å². The third kappa shape index (κ3) is 4.34. The summed E-state index contributed by atoms with van der Waals surface area (Å²) in [5, 5.41) is 0.642. The summed E-state index contributed by atoms with van der Waals surface area (Å²) in [7, 11) is -3.18. The molecule has 3 rings (SSSR count). The van der Waals surface area contributed by atoms with Gasteiger partial charge >= 0.3 is 0 Å². The molecule has 2 aliphatic heterocycles. The minimum atomic E-state index is -3.18. The lowest BCUT2D eigenvalue weighted by atomic mass is 9.96. The van der Waals surface area contributed by atoms with Crippen molar-refractivity contribution < 1.29 is 17.9 Å². The second kappa shape index (κ2) is 7.61. The minimum absolute atomic E-state index is 0.0912. The molecular weight excluding hydrogens is 364 g/mol. The minimum Gasteiger partial charge on any atom is -0.370 e. The number of morpholine rings is 1. The Kier molecular flexibility index (Phi) is 5.68. The molecule has 2 aliphatic rings. The van der Waals surface area contributed by atoms with Crippen LogP contribution < -0.4 is 0 Å². The fourth-order valence-corrected chi connectivity index (χ4v) is 4.60. The second-order valence-corrected chi connectivity index (χ2v) is 8.99. The zero-order chi connectivity index (χ0) is 18.0. The maximum atomic E-state index is 12.8. The van der Waals surface area contributed by atoms with Crippen molar-refractivity contribution in [3.05, 3.63) is 34.9 Å². The highest BCUT2D eigenvalue weighted by atomic mass is 35.5. The van der Waals surface area contributed by atoms with Crippen LogP contribution in [0.1, 0.15) is 24.5 Å². The summed E-state index contributed by atoms with van der Waals surface area (Å²) in [6, 6.07) is 7.52. The highest BCUT2D eigenvalue weighted by Crippen LogP contribution is 2.30. The maximum Gasteiger partial charge on any atom is 0.225 e. The molecule has 2 saturated heterocycles. The smallest absolute Gasteiger partial charge is 0.225 e. The molecule has 0 bridgehead atoms. The number of hydrogen-bond donors (Lipinski definition) is 0. The summed E-state index contributed by atoms with van der Waals surface area (Å²) >= 11 is 6.25. The zero-order valence-electron chi connectivity index (χ0n) is 14.2. The van der Waals surface area contributed by atoms with Crippen LogP contribution in [0, 0.1) is 5.92 Å². The van der Waals surface area contributed by atoms with E-state index in [1.54, 1.807) is 0 Å². The Morgan fingerprint density at radius 1 is 1.20 bits per heavy atom. The molecule has 2 heterocycles. The van der Waals surface area contributed by atoms with Gasteiger partial charge in [0.25, 0.3) is 0 Å². The van der Waals surface area contributed by atoms with Crippen molar-refractivity contribution in [2.75, 3.05) is 39.0 Å². The van der Waals surface area contributed by atoms with Gasteiger partial charge < -0.3 is 9.64 Å². The number of benzene rings is 1. The number of sulfonamides is 1. The van der Waals surface area contributed by atoms with E-state index in [-0.39, 0.29) is 17.9 Å². The standard InChI is InChI=1S/C17H23ClN2O4S/c1-25(22,23)20-8-6-13(7-9-20)17(21)19-10-11-24-16(12-19)14-4-2-3-5-15(14)18/h2-5,13,16H,6-12H2,1H3. The second-order valence-electron chi connectivity index (χ2n) is 6.60. The Labute approximate surface area is 153 Å². The lowest BCUT2D eigenvalue weighted by molar-refractivity contribution is -0.144. The normalized spacial score (nSPS) is 23.6. The summed E-state index contributed by atoms with van der Waals surface area (Å²) in [4.78, 5) is 14.7. The fraction of sp³-hybridized carbons (Fsp3) is 0.588. The first-order chi connectivity index (χ1) is 11.9. The molecule has 6 nitrogen and oxygen atoms in total. The summed E-state index contributed by atoms with van der Waals surface area (Å²) < 4.78 is 30.5. The number of rotatable bonds is 3. The van der Waals surface area contributed by atoms with E-state index >= 15 is 0 Å². The monoisotopic (exact) mass is 386 g/mol. The number of hydrogen-bond acceptors (Lipinski definition) is 4. The van der Waals surface area contributed by atoms with Crippen LogP contribution in [0.5, 0.6) is 0 Å². The van der Waals surface area contributed by atoms with Gasteiger partial charge in [0, 0.05) is 36.1 Å². The van der Waals surface area contributed by atoms with Crippen LogP contribution in [0.4, 0.5) is 0 Å². The molecule has 0 aliphatic carbocycles. The first-order valence-corrected chi connectivity index (χ1v) is 10.7. The largest absolute Gasteiger partial charge is 0.370 e. The van der Waals surface area contributed by atoms with Gasteiger partial charge in [-0.25, -0.2) is 12.7 Å². The average molecular weight is 387 g/mol. The van der Waals surface area contributed by atoms with Crippen molar-refractivity contribution in [3.8, 4) is 0 Å². The molecule has 0 N–H and O–H groups in total. The van der Waals surface area contributed by atoms with E-state index in [9.17, 15) is 13.2 Å². The Hall–Kier alpha value is -1.15. The summed E-state index contributed by atoms with van der Waals surface area (Å²) in [5.74, 6) is -0.0310. The Balaban J connectivity index is 1.62. The van der Waals surface area contributed by atoms with Crippen LogP contribution in [0.3, 0.4) is 0 Å². The number of ether oxygens (including phenoxy) is 1. The predicted molar refractivity (Wildman–Crippen MR) is 95.9 cm³/mol. The van der Waals surface area contributed by atoms with Crippen LogP contribution in [-0.2, 0) is 19.6 Å². The van der Waals surface area contributed by atoms with Gasteiger partial charge in [-0.1, -0.05) is 29.8 Å². The first-order valence-electron chi connectivity index (χ1n) is 8.46. The van der Waals surface area contributed by atoms with Crippen molar-refractivity contribution in [1.29, 1.82) is 0 Å². The topological polar surface area (TPSA) is 66.9 Å². The van der Waals surface area contributed by atoms with Gasteiger partial charge in [0.1, 0.15) is 6.10 Å². The molecule has 1 aromatic carbocycles. The number of nitrogens with zero attached hydrogens (tertiary/aromatic N) is 2. The van der Waals surface area contributed by atoms with E-state index in [0.717, 1.165) is 5.56 Å². The third-order valence-corrected chi connectivity index (χ3v) is 6.55. The maximum absolute atomic E-state index is 12.8. The Morgan fingerprint density at radius 3 is 2.52 bits per heavy atom. The first kappa shape index (κ1) is 18.6. The number of halogens is 1. The van der Waals surface area contributed by atoms with E-state index in [1.807, 2.05) is 29.2 Å². The highest BCUT2D eigenvalue weighted by Gasteiger charge is 2.34. The van der Waals surface area contributed by atoms with Crippen molar-refractivity contribution >= 4 is 27.5 Å². The van der Waals surface area contributed by atoms with Crippen LogP contribution in [0.25, 0.3) is 0 Å². The molecule has 2 fully saturated rings. The van der Waals surface area contributed by atoms with Gasteiger partial charge in [-0.05, 0) is 18.9 Å². The van der Waals surface area contributed by atoms with Crippen molar-refractivity contribution in [2.45, 2.75) is 18.9 Å². The number of amides is 1. The van der Waals surface area contributed by atoms with Gasteiger partial charge in [-0.3, -0.25) is 4.79 Å². The van der Waals surface area contributed by atoms with Crippen LogP contribution in [0.15, 0.2) is 24.3 Å². The van der Waals surface area contributed by atoms with Gasteiger partial charge in [-0.15, -0.1) is 0 Å². The summed E-state index contributed by atoms with van der Waals surface area (Å²) in [6.45, 7) is 2.34. The molecule has 0 saturated carbocycles. The molecule has 25 heavy (non-hydrogen) atoms. The van der Waals surface area contributed by atoms with Gasteiger partial charge in [0.15, 0.2) is 0 Å². The Bertz CT molecular complexity index is 732. The molecule has 1 atom stereocenters.